The van der Waals surface area contributed by atoms with Crippen molar-refractivity contribution in [1.82, 2.24) is 0 Å². The number of nitrogens with two attached hydrogens (primary N) is 1. The lowest BCUT2D eigenvalue weighted by Gasteiger charge is -2.00. The number of carboxylic acid groups (broad SMARTS) is 1. The van der Waals surface area contributed by atoms with Crippen molar-refractivity contribution in [3.63, 3.8) is 0 Å². The molecule has 0 saturated carbocycles. The molecule has 4 nitrogen and oxygen atoms in total. The van der Waals surface area contributed by atoms with E-state index in [1.54, 1.807) is 6.08 Å². The van der Waals surface area contributed by atoms with Crippen molar-refractivity contribution in [2.24, 2.45) is 5.73 Å². The first-order chi connectivity index (χ1) is 8.08. The molecule has 1 rings (SSSR count). The van der Waals surface area contributed by atoms with Crippen LogP contribution in [0.4, 0.5) is 0 Å². The third kappa shape index (κ3) is 5.51. The van der Waals surface area contributed by atoms with E-state index >= 15 is 0 Å². The van der Waals surface area contributed by atoms with Crippen LogP contribution in [0.5, 0.6) is 0 Å². The van der Waals surface area contributed by atoms with E-state index in [-0.39, 0.29) is 6.42 Å². The van der Waals surface area contributed by atoms with Gasteiger partial charge in [0.1, 0.15) is 0 Å². The smallest absolute Gasteiger partial charge is 0.303 e. The molecule has 0 bridgehead atoms. The van der Waals surface area contributed by atoms with Crippen LogP contribution < -0.4 is 5.73 Å². The normalized spacial score (nSPS) is 10.6. The highest BCUT2D eigenvalue weighted by molar-refractivity contribution is 5.90. The Balaban J connectivity index is 2.50. The first-order valence-corrected chi connectivity index (χ1v) is 5.36. The van der Waals surface area contributed by atoms with Gasteiger partial charge < -0.3 is 10.8 Å². The molecular weight excluding hydrogens is 218 g/mol. The van der Waals surface area contributed by atoms with Crippen LogP contribution in [-0.2, 0) is 16.0 Å². The molecule has 0 heterocycles. The van der Waals surface area contributed by atoms with Crippen molar-refractivity contribution in [1.29, 1.82) is 0 Å². The average Bonchev–Trinajstić information content (AvgIpc) is 2.27. The number of carboxylic acids is 1. The molecule has 0 fully saturated rings. The van der Waals surface area contributed by atoms with Crippen LogP contribution in [-0.4, -0.2) is 17.0 Å². The number of rotatable bonds is 6. The van der Waals surface area contributed by atoms with Gasteiger partial charge in [-0.3, -0.25) is 9.59 Å². The van der Waals surface area contributed by atoms with Crippen molar-refractivity contribution < 1.29 is 14.7 Å². The lowest BCUT2D eigenvalue weighted by atomic mass is 10.1. The summed E-state index contributed by atoms with van der Waals surface area (Å²) in [5.74, 6) is -1.25. The predicted octanol–water partition coefficient (Wildman–Crippen LogP) is 1.59. The number of primary amides is 1. The first-order valence-electron chi connectivity index (χ1n) is 5.36. The summed E-state index contributed by atoms with van der Waals surface area (Å²) in [4.78, 5) is 20.9. The number of aryl methyl sites for hydroxylation is 1. The molecule has 3 N–H and O–H groups in total. The summed E-state index contributed by atoms with van der Waals surface area (Å²) >= 11 is 0. The van der Waals surface area contributed by atoms with Crippen molar-refractivity contribution in [3.05, 3.63) is 41.5 Å². The van der Waals surface area contributed by atoms with Gasteiger partial charge in [-0.2, -0.15) is 0 Å². The summed E-state index contributed by atoms with van der Waals surface area (Å²) in [6, 6.07) is 7.58. The van der Waals surface area contributed by atoms with E-state index in [4.69, 9.17) is 10.8 Å². The van der Waals surface area contributed by atoms with Crippen LogP contribution in [0.25, 0.3) is 6.08 Å². The van der Waals surface area contributed by atoms with Crippen LogP contribution in [0.3, 0.4) is 0 Å². The van der Waals surface area contributed by atoms with Crippen molar-refractivity contribution >= 4 is 18.0 Å². The molecule has 90 valence electrons. The van der Waals surface area contributed by atoms with Gasteiger partial charge >= 0.3 is 5.97 Å². The monoisotopic (exact) mass is 233 g/mol. The summed E-state index contributed by atoms with van der Waals surface area (Å²) in [6.07, 6.45) is 4.50. The third-order valence-corrected chi connectivity index (χ3v) is 2.28. The summed E-state index contributed by atoms with van der Waals surface area (Å²) in [5, 5.41) is 8.50. The zero-order chi connectivity index (χ0) is 12.7. The number of aliphatic carboxylic acids is 1. The highest BCUT2D eigenvalue weighted by atomic mass is 16.4. The maximum Gasteiger partial charge on any atom is 0.303 e. The van der Waals surface area contributed by atoms with Gasteiger partial charge in [-0.1, -0.05) is 24.3 Å². The van der Waals surface area contributed by atoms with Gasteiger partial charge in [-0.15, -0.1) is 0 Å². The van der Waals surface area contributed by atoms with Crippen LogP contribution in [0.1, 0.15) is 24.0 Å². The summed E-state index contributed by atoms with van der Waals surface area (Å²) in [7, 11) is 0. The second kappa shape index (κ2) is 6.48. The number of benzene rings is 1. The molecule has 0 saturated heterocycles. The Hall–Kier alpha value is -2.10. The number of hydrogen-bond acceptors (Lipinski definition) is 2. The van der Waals surface area contributed by atoms with Crippen LogP contribution in [0.15, 0.2) is 30.3 Å². The van der Waals surface area contributed by atoms with Crippen LogP contribution >= 0.6 is 0 Å². The minimum atomic E-state index is -0.772. The molecule has 0 aromatic heterocycles. The Morgan fingerprint density at radius 3 is 2.41 bits per heavy atom. The molecule has 17 heavy (non-hydrogen) atoms. The molecule has 0 atom stereocenters. The number of carbonyl (C=O) groups is 2. The van der Waals surface area contributed by atoms with Crippen molar-refractivity contribution in [3.8, 4) is 0 Å². The Morgan fingerprint density at radius 2 is 1.88 bits per heavy atom. The SMILES string of the molecule is NC(=O)C=Cc1ccc(CCCC(=O)O)cc1. The minimum Gasteiger partial charge on any atom is -0.481 e. The number of amides is 1. The zero-order valence-corrected chi connectivity index (χ0v) is 9.43. The Labute approximate surface area is 99.8 Å². The standard InChI is InChI=1S/C13H15NO3/c14-12(15)9-8-11-6-4-10(5-7-11)2-1-3-13(16)17/h4-9H,1-3H2,(H2,14,15)(H,16,17). The maximum atomic E-state index is 10.5. The molecule has 0 unspecified atom stereocenters. The third-order valence-electron chi connectivity index (χ3n) is 2.28. The van der Waals surface area contributed by atoms with Crippen molar-refractivity contribution in [2.75, 3.05) is 0 Å². The highest BCUT2D eigenvalue weighted by Crippen LogP contribution is 2.09. The van der Waals surface area contributed by atoms with Crippen LogP contribution in [0, 0.1) is 0 Å². The van der Waals surface area contributed by atoms with Gasteiger partial charge in [0.05, 0.1) is 0 Å². The maximum absolute atomic E-state index is 10.5. The van der Waals surface area contributed by atoms with Crippen molar-refractivity contribution in [2.45, 2.75) is 19.3 Å². The molecule has 0 aliphatic rings. The fourth-order valence-electron chi connectivity index (χ4n) is 1.42. The lowest BCUT2D eigenvalue weighted by Crippen LogP contribution is -2.05. The molecule has 0 aliphatic heterocycles. The van der Waals surface area contributed by atoms with Gasteiger partial charge in [0.2, 0.25) is 5.91 Å². The summed E-state index contributed by atoms with van der Waals surface area (Å²) in [6.45, 7) is 0. The second-order valence-corrected chi connectivity index (χ2v) is 3.72. The fraction of sp³-hybridized carbons (Fsp3) is 0.231. The summed E-state index contributed by atoms with van der Waals surface area (Å²) < 4.78 is 0. The van der Waals surface area contributed by atoms with E-state index in [2.05, 4.69) is 0 Å². The topological polar surface area (TPSA) is 80.4 Å². The zero-order valence-electron chi connectivity index (χ0n) is 9.43. The molecule has 1 aromatic carbocycles. The molecule has 0 spiro atoms. The largest absolute Gasteiger partial charge is 0.481 e. The number of carbonyl (C=O) groups excluding carboxylic acids is 1. The molecule has 1 aromatic rings. The van der Waals surface area contributed by atoms with E-state index < -0.39 is 11.9 Å². The Kier molecular flexibility index (Phi) is 4.94. The Bertz CT molecular complexity index is 421. The van der Waals surface area contributed by atoms with E-state index in [0.29, 0.717) is 6.42 Å². The first kappa shape index (κ1) is 13.0. The predicted molar refractivity (Wildman–Crippen MR) is 65.2 cm³/mol. The van der Waals surface area contributed by atoms with Gasteiger partial charge in [0, 0.05) is 12.5 Å². The minimum absolute atomic E-state index is 0.184. The van der Waals surface area contributed by atoms with Crippen LogP contribution in [0.2, 0.25) is 0 Å². The quantitative estimate of drug-likeness (QED) is 0.732. The molecule has 0 radical (unpaired) electrons. The Morgan fingerprint density at radius 1 is 1.24 bits per heavy atom. The van der Waals surface area contributed by atoms with E-state index in [1.165, 1.54) is 6.08 Å². The van der Waals surface area contributed by atoms with Gasteiger partial charge in [0.15, 0.2) is 0 Å². The average molecular weight is 233 g/mol. The van der Waals surface area contributed by atoms with Gasteiger partial charge in [0.25, 0.3) is 0 Å². The molecular formula is C13H15NO3. The van der Waals surface area contributed by atoms with E-state index in [0.717, 1.165) is 17.5 Å². The lowest BCUT2D eigenvalue weighted by molar-refractivity contribution is -0.137. The van der Waals surface area contributed by atoms with E-state index in [9.17, 15) is 9.59 Å². The number of hydrogen-bond donors (Lipinski definition) is 2. The highest BCUT2D eigenvalue weighted by Gasteiger charge is 1.98. The molecule has 1 amide bonds. The molecule has 0 aliphatic carbocycles. The second-order valence-electron chi connectivity index (χ2n) is 3.72. The molecule has 4 heteroatoms. The van der Waals surface area contributed by atoms with Gasteiger partial charge in [-0.25, -0.2) is 0 Å². The fourth-order valence-corrected chi connectivity index (χ4v) is 1.42. The summed E-state index contributed by atoms with van der Waals surface area (Å²) in [5.41, 5.74) is 6.96. The van der Waals surface area contributed by atoms with E-state index in [1.807, 2.05) is 24.3 Å². The van der Waals surface area contributed by atoms with Gasteiger partial charge in [-0.05, 0) is 30.0 Å².